The average molecular weight is 391 g/mol. The molecule has 2 nitrogen and oxygen atoms in total. The maximum Gasteiger partial charge on any atom is 0.196 e. The molecule has 2 aromatic carbocycles. The Morgan fingerprint density at radius 1 is 0.950 bits per heavy atom. The monoisotopic (exact) mass is 389 g/mol. The molecule has 0 amide bonds. The van der Waals surface area contributed by atoms with Crippen molar-refractivity contribution < 1.29 is 4.79 Å². The quantitative estimate of drug-likeness (QED) is 0.577. The third kappa shape index (κ3) is 2.41. The number of para-hydroxylation sites is 1. The van der Waals surface area contributed by atoms with Gasteiger partial charge in [0.05, 0.1) is 5.52 Å². The number of rotatable bonds is 2. The van der Waals surface area contributed by atoms with Gasteiger partial charge < -0.3 is 0 Å². The Bertz CT molecular complexity index is 809. The van der Waals surface area contributed by atoms with Gasteiger partial charge in [-0.3, -0.25) is 9.78 Å². The summed E-state index contributed by atoms with van der Waals surface area (Å²) in [6.45, 7) is 0. The molecule has 0 aliphatic carbocycles. The second-order valence-corrected chi connectivity index (χ2v) is 6.10. The summed E-state index contributed by atoms with van der Waals surface area (Å²) in [5.41, 5.74) is 1.98. The highest BCUT2D eigenvalue weighted by Crippen LogP contribution is 2.26. The number of carbonyl (C=O) groups excluding carboxylic acids is 1. The summed E-state index contributed by atoms with van der Waals surface area (Å²) < 4.78 is 1.70. The molecule has 0 unspecified atom stereocenters. The van der Waals surface area contributed by atoms with Crippen molar-refractivity contribution in [2.45, 2.75) is 0 Å². The molecule has 0 saturated carbocycles. The maximum absolute atomic E-state index is 12.7. The van der Waals surface area contributed by atoms with Crippen LogP contribution in [0.5, 0.6) is 0 Å². The average Bonchev–Trinajstić information content (AvgIpc) is 2.46. The van der Waals surface area contributed by atoms with Gasteiger partial charge in [-0.05, 0) is 46.3 Å². The van der Waals surface area contributed by atoms with Crippen molar-refractivity contribution in [2.75, 3.05) is 0 Å². The van der Waals surface area contributed by atoms with Crippen LogP contribution >= 0.6 is 31.9 Å². The molecule has 1 aromatic heterocycles. The molecule has 0 radical (unpaired) electrons. The number of aromatic nitrogens is 1. The molecule has 98 valence electrons. The van der Waals surface area contributed by atoms with Gasteiger partial charge in [0.15, 0.2) is 5.78 Å². The SMILES string of the molecule is O=C(c1ccc(Br)cc1Br)c1cccc2cccnc12. The second kappa shape index (κ2) is 5.46. The number of hydrogen-bond donors (Lipinski definition) is 0. The lowest BCUT2D eigenvalue weighted by atomic mass is 10.0. The number of nitrogens with zero attached hydrogens (tertiary/aromatic N) is 1. The molecular formula is C16H9Br2NO. The number of hydrogen-bond acceptors (Lipinski definition) is 2. The van der Waals surface area contributed by atoms with Crippen LogP contribution in [0.25, 0.3) is 10.9 Å². The summed E-state index contributed by atoms with van der Waals surface area (Å²) in [5, 5.41) is 0.964. The van der Waals surface area contributed by atoms with E-state index in [0.29, 0.717) is 11.1 Å². The minimum absolute atomic E-state index is 0.0336. The molecule has 0 aliphatic rings. The Kier molecular flexibility index (Phi) is 3.68. The third-order valence-corrected chi connectivity index (χ3v) is 4.20. The Labute approximate surface area is 133 Å². The molecule has 0 fully saturated rings. The topological polar surface area (TPSA) is 30.0 Å². The highest BCUT2D eigenvalue weighted by Gasteiger charge is 2.15. The molecule has 0 aliphatic heterocycles. The first-order valence-corrected chi connectivity index (χ1v) is 7.59. The van der Waals surface area contributed by atoms with E-state index in [0.717, 1.165) is 19.8 Å². The van der Waals surface area contributed by atoms with Crippen LogP contribution in [0.4, 0.5) is 0 Å². The van der Waals surface area contributed by atoms with Crippen LogP contribution in [0.15, 0.2) is 63.7 Å². The van der Waals surface area contributed by atoms with Crippen molar-refractivity contribution in [2.24, 2.45) is 0 Å². The Morgan fingerprint density at radius 2 is 1.75 bits per heavy atom. The van der Waals surface area contributed by atoms with Crippen molar-refractivity contribution in [3.8, 4) is 0 Å². The fraction of sp³-hybridized carbons (Fsp3) is 0. The van der Waals surface area contributed by atoms with Crippen LogP contribution in [0.2, 0.25) is 0 Å². The van der Waals surface area contributed by atoms with Gasteiger partial charge in [0, 0.05) is 31.7 Å². The van der Waals surface area contributed by atoms with Crippen molar-refractivity contribution in [1.82, 2.24) is 4.98 Å². The molecule has 1 heterocycles. The number of ketones is 1. The summed E-state index contributed by atoms with van der Waals surface area (Å²) in [4.78, 5) is 17.0. The lowest BCUT2D eigenvalue weighted by Crippen LogP contribution is -2.04. The van der Waals surface area contributed by atoms with Crippen molar-refractivity contribution in [1.29, 1.82) is 0 Å². The predicted octanol–water partition coefficient (Wildman–Crippen LogP) is 4.99. The first-order valence-electron chi connectivity index (χ1n) is 6.00. The highest BCUT2D eigenvalue weighted by atomic mass is 79.9. The van der Waals surface area contributed by atoms with Crippen LogP contribution in [0.1, 0.15) is 15.9 Å². The smallest absolute Gasteiger partial charge is 0.196 e. The lowest BCUT2D eigenvalue weighted by Gasteiger charge is -2.07. The van der Waals surface area contributed by atoms with Crippen LogP contribution in [0.3, 0.4) is 0 Å². The maximum atomic E-state index is 12.7. The number of halogens is 2. The van der Waals surface area contributed by atoms with Crippen LogP contribution in [-0.4, -0.2) is 10.8 Å². The van der Waals surface area contributed by atoms with E-state index in [1.54, 1.807) is 12.3 Å². The molecule has 4 heteroatoms. The van der Waals surface area contributed by atoms with Crippen molar-refractivity contribution >= 4 is 48.5 Å². The van der Waals surface area contributed by atoms with Crippen LogP contribution in [-0.2, 0) is 0 Å². The van der Waals surface area contributed by atoms with E-state index in [1.807, 2.05) is 42.5 Å². The minimum Gasteiger partial charge on any atom is -0.288 e. The highest BCUT2D eigenvalue weighted by molar-refractivity contribution is 9.11. The zero-order valence-corrected chi connectivity index (χ0v) is 13.5. The van der Waals surface area contributed by atoms with E-state index in [2.05, 4.69) is 36.8 Å². The Morgan fingerprint density at radius 3 is 2.55 bits per heavy atom. The molecule has 0 N–H and O–H groups in total. The van der Waals surface area contributed by atoms with E-state index in [9.17, 15) is 4.79 Å². The molecule has 0 atom stereocenters. The Hall–Kier alpha value is -1.52. The zero-order chi connectivity index (χ0) is 14.1. The van der Waals surface area contributed by atoms with Gasteiger partial charge in [0.2, 0.25) is 0 Å². The van der Waals surface area contributed by atoms with Crippen LogP contribution in [0, 0.1) is 0 Å². The number of pyridine rings is 1. The molecular weight excluding hydrogens is 382 g/mol. The molecule has 3 rings (SSSR count). The Balaban J connectivity index is 2.18. The van der Waals surface area contributed by atoms with E-state index in [1.165, 1.54) is 0 Å². The summed E-state index contributed by atoms with van der Waals surface area (Å²) >= 11 is 6.83. The van der Waals surface area contributed by atoms with Gasteiger partial charge in [-0.25, -0.2) is 0 Å². The number of benzene rings is 2. The van der Waals surface area contributed by atoms with Crippen molar-refractivity contribution in [3.63, 3.8) is 0 Å². The summed E-state index contributed by atoms with van der Waals surface area (Å²) in [6, 6.07) is 15.0. The molecule has 0 spiro atoms. The van der Waals surface area contributed by atoms with E-state index in [-0.39, 0.29) is 5.78 Å². The molecule has 0 bridgehead atoms. The fourth-order valence-corrected chi connectivity index (χ4v) is 3.33. The number of carbonyl (C=O) groups is 1. The zero-order valence-electron chi connectivity index (χ0n) is 10.3. The van der Waals surface area contributed by atoms with E-state index < -0.39 is 0 Å². The van der Waals surface area contributed by atoms with Crippen molar-refractivity contribution in [3.05, 3.63) is 74.8 Å². The van der Waals surface area contributed by atoms with E-state index in [4.69, 9.17) is 0 Å². The summed E-state index contributed by atoms with van der Waals surface area (Å²) in [7, 11) is 0. The first-order chi connectivity index (χ1) is 9.66. The van der Waals surface area contributed by atoms with Gasteiger partial charge in [-0.15, -0.1) is 0 Å². The largest absolute Gasteiger partial charge is 0.288 e. The lowest BCUT2D eigenvalue weighted by molar-refractivity contribution is 0.103. The molecule has 0 saturated heterocycles. The van der Waals surface area contributed by atoms with Gasteiger partial charge in [-0.2, -0.15) is 0 Å². The van der Waals surface area contributed by atoms with E-state index >= 15 is 0 Å². The number of fused-ring (bicyclic) bond motifs is 1. The normalized spacial score (nSPS) is 10.7. The predicted molar refractivity (Wildman–Crippen MR) is 87.0 cm³/mol. The van der Waals surface area contributed by atoms with Gasteiger partial charge >= 0.3 is 0 Å². The fourth-order valence-electron chi connectivity index (χ4n) is 2.11. The second-order valence-electron chi connectivity index (χ2n) is 4.33. The summed E-state index contributed by atoms with van der Waals surface area (Å²) in [5.74, 6) is -0.0336. The minimum atomic E-state index is -0.0336. The van der Waals surface area contributed by atoms with Crippen LogP contribution < -0.4 is 0 Å². The molecule has 20 heavy (non-hydrogen) atoms. The van der Waals surface area contributed by atoms with Gasteiger partial charge in [0.25, 0.3) is 0 Å². The summed E-state index contributed by atoms with van der Waals surface area (Å²) in [6.07, 6.45) is 1.70. The third-order valence-electron chi connectivity index (χ3n) is 3.05. The first kappa shape index (κ1) is 13.5. The van der Waals surface area contributed by atoms with Gasteiger partial charge in [0.1, 0.15) is 0 Å². The standard InChI is InChI=1S/C16H9Br2NO/c17-11-6-7-12(14(18)9-11)16(20)13-5-1-3-10-4-2-8-19-15(10)13/h1-9H. The molecule has 3 aromatic rings. The van der Waals surface area contributed by atoms with Gasteiger partial charge in [-0.1, -0.05) is 34.1 Å².